The van der Waals surface area contributed by atoms with Crippen LogP contribution < -0.4 is 15.5 Å². The lowest BCUT2D eigenvalue weighted by molar-refractivity contribution is 0.254. The third kappa shape index (κ3) is 3.03. The second kappa shape index (κ2) is 6.34. The summed E-state index contributed by atoms with van der Waals surface area (Å²) in [6.45, 7) is 1.37. The Balaban J connectivity index is 1.97. The van der Waals surface area contributed by atoms with Crippen LogP contribution in [0.25, 0.3) is 10.2 Å². The van der Waals surface area contributed by atoms with E-state index < -0.39 is 11.8 Å². The van der Waals surface area contributed by atoms with Crippen molar-refractivity contribution in [3.05, 3.63) is 12.0 Å². The fourth-order valence-electron chi connectivity index (χ4n) is 2.52. The maximum absolute atomic E-state index is 14.0. The number of amides is 2. The molecule has 2 aromatic heterocycles. The number of hydrogen-bond donors (Lipinski definition) is 2. The van der Waals surface area contributed by atoms with Gasteiger partial charge in [0.05, 0.1) is 18.2 Å². The molecule has 1 aliphatic heterocycles. The van der Waals surface area contributed by atoms with Crippen molar-refractivity contribution in [2.24, 2.45) is 5.92 Å². The molecule has 1 fully saturated rings. The van der Waals surface area contributed by atoms with Crippen LogP contribution in [0.1, 0.15) is 12.8 Å². The Hall–Kier alpha value is -2.47. The molecule has 3 heterocycles. The van der Waals surface area contributed by atoms with Gasteiger partial charge in [-0.05, 0) is 12.8 Å². The predicted octanol–water partition coefficient (Wildman–Crippen LogP) is 2.32. The zero-order valence-electron chi connectivity index (χ0n) is 12.5. The smallest absolute Gasteiger partial charge is 0.320 e. The molecule has 2 N–H and O–H groups in total. The van der Waals surface area contributed by atoms with Crippen molar-refractivity contribution in [1.29, 1.82) is 5.26 Å². The zero-order chi connectivity index (χ0) is 16.4. The van der Waals surface area contributed by atoms with Crippen LogP contribution in [0.2, 0.25) is 0 Å². The topological polar surface area (TPSA) is 93.9 Å². The van der Waals surface area contributed by atoms with E-state index in [-0.39, 0.29) is 17.3 Å². The Kier molecular flexibility index (Phi) is 4.25. The third-order valence-corrected chi connectivity index (χ3v) is 4.82. The molecule has 0 radical (unpaired) electrons. The molecule has 2 aromatic rings. The normalized spacial score (nSPS) is 17.8. The molecule has 1 aliphatic rings. The number of rotatable bonds is 2. The van der Waals surface area contributed by atoms with Gasteiger partial charge in [-0.2, -0.15) is 5.26 Å². The van der Waals surface area contributed by atoms with E-state index >= 15 is 0 Å². The predicted molar refractivity (Wildman–Crippen MR) is 86.0 cm³/mol. The zero-order valence-corrected chi connectivity index (χ0v) is 13.3. The molecule has 120 valence electrons. The highest BCUT2D eigenvalue weighted by Gasteiger charge is 2.24. The number of urea groups is 1. The summed E-state index contributed by atoms with van der Waals surface area (Å²) >= 11 is 1.27. The van der Waals surface area contributed by atoms with E-state index in [0.717, 1.165) is 25.6 Å². The van der Waals surface area contributed by atoms with Crippen molar-refractivity contribution in [2.75, 3.05) is 30.4 Å². The van der Waals surface area contributed by atoms with Gasteiger partial charge < -0.3 is 10.2 Å². The standard InChI is InChI=1S/C14H15FN6OS/c1-17-13(22)20-12-11-10(9(15)6-18-12)19-14(23-11)21-4-2-3-8(5-16)7-21/h6,8H,2-4,7H2,1H3,(H2,17,18,20,22). The number of aromatic nitrogens is 2. The van der Waals surface area contributed by atoms with Crippen LogP contribution in [0, 0.1) is 23.1 Å². The Morgan fingerprint density at radius 3 is 3.17 bits per heavy atom. The lowest BCUT2D eigenvalue weighted by Gasteiger charge is -2.28. The molecule has 0 aliphatic carbocycles. The second-order valence-electron chi connectivity index (χ2n) is 5.25. The molecule has 1 atom stereocenters. The molecular formula is C14H15FN6OS. The van der Waals surface area contributed by atoms with E-state index in [1.807, 2.05) is 4.90 Å². The first-order chi connectivity index (χ1) is 11.1. The van der Waals surface area contributed by atoms with Crippen LogP contribution >= 0.6 is 11.3 Å². The summed E-state index contributed by atoms with van der Waals surface area (Å²) in [6, 6.07) is 1.85. The number of halogens is 1. The summed E-state index contributed by atoms with van der Waals surface area (Å²) in [5.41, 5.74) is 0.186. The molecule has 1 unspecified atom stereocenters. The minimum absolute atomic E-state index is 0.0396. The number of anilines is 2. The van der Waals surface area contributed by atoms with Gasteiger partial charge in [-0.3, -0.25) is 5.32 Å². The summed E-state index contributed by atoms with van der Waals surface area (Å²) in [7, 11) is 1.49. The van der Waals surface area contributed by atoms with E-state index in [4.69, 9.17) is 5.26 Å². The van der Waals surface area contributed by atoms with E-state index in [9.17, 15) is 9.18 Å². The minimum Gasteiger partial charge on any atom is -0.347 e. The Bertz CT molecular complexity index is 785. The van der Waals surface area contributed by atoms with Crippen molar-refractivity contribution in [2.45, 2.75) is 12.8 Å². The Labute approximate surface area is 136 Å². The molecule has 9 heteroatoms. The van der Waals surface area contributed by atoms with Gasteiger partial charge in [0.25, 0.3) is 0 Å². The van der Waals surface area contributed by atoms with Gasteiger partial charge in [0.1, 0.15) is 10.2 Å². The Morgan fingerprint density at radius 1 is 1.61 bits per heavy atom. The van der Waals surface area contributed by atoms with Crippen LogP contribution in [-0.4, -0.2) is 36.1 Å². The molecule has 0 saturated carbocycles. The first kappa shape index (κ1) is 15.4. The molecule has 0 aromatic carbocycles. The molecule has 7 nitrogen and oxygen atoms in total. The van der Waals surface area contributed by atoms with Gasteiger partial charge in [-0.25, -0.2) is 19.2 Å². The number of thiazole rings is 1. The number of nitrogens with zero attached hydrogens (tertiary/aromatic N) is 4. The van der Waals surface area contributed by atoms with Crippen molar-refractivity contribution in [1.82, 2.24) is 15.3 Å². The number of pyridine rings is 1. The van der Waals surface area contributed by atoms with Crippen LogP contribution in [0.4, 0.5) is 20.1 Å². The third-order valence-electron chi connectivity index (χ3n) is 3.70. The van der Waals surface area contributed by atoms with E-state index in [1.165, 1.54) is 18.4 Å². The van der Waals surface area contributed by atoms with Gasteiger partial charge in [-0.15, -0.1) is 0 Å². The molecule has 0 bridgehead atoms. The highest BCUT2D eigenvalue weighted by molar-refractivity contribution is 7.22. The largest absolute Gasteiger partial charge is 0.347 e. The molecular weight excluding hydrogens is 319 g/mol. The summed E-state index contributed by atoms with van der Waals surface area (Å²) in [5, 5.41) is 14.7. The summed E-state index contributed by atoms with van der Waals surface area (Å²) < 4.78 is 14.5. The molecule has 1 saturated heterocycles. The lowest BCUT2D eigenvalue weighted by atomic mass is 10.0. The van der Waals surface area contributed by atoms with Crippen LogP contribution in [-0.2, 0) is 0 Å². The second-order valence-corrected chi connectivity index (χ2v) is 6.22. The minimum atomic E-state index is -0.529. The van der Waals surface area contributed by atoms with Crippen molar-refractivity contribution in [3.63, 3.8) is 0 Å². The van der Waals surface area contributed by atoms with Crippen molar-refractivity contribution in [3.8, 4) is 6.07 Å². The number of carbonyl (C=O) groups is 1. The van der Waals surface area contributed by atoms with Gasteiger partial charge in [-0.1, -0.05) is 11.3 Å². The number of carbonyl (C=O) groups excluding carboxylic acids is 1. The first-order valence-electron chi connectivity index (χ1n) is 7.20. The summed E-state index contributed by atoms with van der Waals surface area (Å²) in [6.07, 6.45) is 2.82. The molecule has 0 spiro atoms. The van der Waals surface area contributed by atoms with Crippen LogP contribution in [0.3, 0.4) is 0 Å². The molecule has 23 heavy (non-hydrogen) atoms. The fourth-order valence-corrected chi connectivity index (χ4v) is 3.58. The average molecular weight is 334 g/mol. The highest BCUT2D eigenvalue weighted by Crippen LogP contribution is 2.35. The van der Waals surface area contributed by atoms with Crippen molar-refractivity contribution < 1.29 is 9.18 Å². The van der Waals surface area contributed by atoms with Crippen LogP contribution in [0.15, 0.2) is 6.20 Å². The monoisotopic (exact) mass is 334 g/mol. The quantitative estimate of drug-likeness (QED) is 0.879. The highest BCUT2D eigenvalue weighted by atomic mass is 32.1. The number of nitrogens with one attached hydrogen (secondary N) is 2. The Morgan fingerprint density at radius 2 is 2.43 bits per heavy atom. The number of hydrogen-bond acceptors (Lipinski definition) is 6. The number of nitriles is 1. The summed E-state index contributed by atoms with van der Waals surface area (Å²) in [4.78, 5) is 21.8. The maximum atomic E-state index is 14.0. The van der Waals surface area contributed by atoms with Gasteiger partial charge >= 0.3 is 6.03 Å². The van der Waals surface area contributed by atoms with Gasteiger partial charge in [0, 0.05) is 20.1 Å². The molecule has 2 amide bonds. The van der Waals surface area contributed by atoms with Crippen LogP contribution in [0.5, 0.6) is 0 Å². The number of piperidine rings is 1. The van der Waals surface area contributed by atoms with E-state index in [2.05, 4.69) is 26.7 Å². The average Bonchev–Trinajstić information content (AvgIpc) is 3.04. The lowest BCUT2D eigenvalue weighted by Crippen LogP contribution is -2.34. The van der Waals surface area contributed by atoms with E-state index in [0.29, 0.717) is 16.4 Å². The van der Waals surface area contributed by atoms with E-state index in [1.54, 1.807) is 0 Å². The SMILES string of the molecule is CNC(=O)Nc1ncc(F)c2nc(N3CCCC(C#N)C3)sc12. The number of fused-ring (bicyclic) bond motifs is 1. The molecule has 3 rings (SSSR count). The van der Waals surface area contributed by atoms with Gasteiger partial charge in [0.15, 0.2) is 16.8 Å². The summed E-state index contributed by atoms with van der Waals surface area (Å²) in [5.74, 6) is -0.292. The first-order valence-corrected chi connectivity index (χ1v) is 8.02. The van der Waals surface area contributed by atoms with Gasteiger partial charge in [0.2, 0.25) is 0 Å². The maximum Gasteiger partial charge on any atom is 0.320 e. The van der Waals surface area contributed by atoms with Crippen molar-refractivity contribution >= 4 is 38.5 Å². The fraction of sp³-hybridized carbons (Fsp3) is 0.429.